The summed E-state index contributed by atoms with van der Waals surface area (Å²) >= 11 is 0. The number of methoxy groups -OCH3 is 1. The first-order valence-corrected chi connectivity index (χ1v) is 10.8. The maximum absolute atomic E-state index is 12.8. The van der Waals surface area contributed by atoms with Gasteiger partial charge in [-0.05, 0) is 44.7 Å². The van der Waals surface area contributed by atoms with Crippen LogP contribution < -0.4 is 14.8 Å². The highest BCUT2D eigenvalue weighted by atomic mass is 16.6. The lowest BCUT2D eigenvalue weighted by Crippen LogP contribution is -2.45. The number of amides is 1. The predicted octanol–water partition coefficient (Wildman–Crippen LogP) is 3.73. The van der Waals surface area contributed by atoms with Crippen molar-refractivity contribution in [2.45, 2.75) is 58.8 Å². The number of carbonyl (C=O) groups excluding carboxylic acids is 2. The highest BCUT2D eigenvalue weighted by Crippen LogP contribution is 2.27. The van der Waals surface area contributed by atoms with E-state index in [2.05, 4.69) is 10.3 Å². The number of aromatic hydroxyl groups is 1. The molecule has 1 heterocycles. The lowest BCUT2D eigenvalue weighted by molar-refractivity contribution is -0.159. The molecule has 3 atom stereocenters. The molecular formula is C24H32N2O6. The number of nitrogens with zero attached hydrogens (tertiary/aromatic N) is 1. The van der Waals surface area contributed by atoms with Gasteiger partial charge in [-0.2, -0.15) is 0 Å². The van der Waals surface area contributed by atoms with Crippen molar-refractivity contribution in [1.29, 1.82) is 0 Å². The van der Waals surface area contributed by atoms with Gasteiger partial charge in [0, 0.05) is 12.3 Å². The molecule has 0 aliphatic carbocycles. The third-order valence-corrected chi connectivity index (χ3v) is 5.32. The number of carbonyl (C=O) groups is 2. The van der Waals surface area contributed by atoms with E-state index < -0.39 is 35.9 Å². The zero-order valence-electron chi connectivity index (χ0n) is 19.2. The van der Waals surface area contributed by atoms with Crippen LogP contribution in [0.25, 0.3) is 0 Å². The molecule has 0 spiro atoms. The summed E-state index contributed by atoms with van der Waals surface area (Å²) in [6, 6.07) is 9.81. The third-order valence-electron chi connectivity index (χ3n) is 5.32. The monoisotopic (exact) mass is 444 g/mol. The van der Waals surface area contributed by atoms with E-state index in [0.29, 0.717) is 5.75 Å². The molecular weight excluding hydrogens is 412 g/mol. The summed E-state index contributed by atoms with van der Waals surface area (Å²) in [6.07, 6.45) is 2.06. The Morgan fingerprint density at radius 1 is 1.09 bits per heavy atom. The average molecular weight is 445 g/mol. The molecule has 2 rings (SSSR count). The number of para-hydroxylation sites is 1. The van der Waals surface area contributed by atoms with Crippen LogP contribution in [0, 0.1) is 5.92 Å². The first-order valence-electron chi connectivity index (χ1n) is 10.8. The molecule has 1 aromatic heterocycles. The Labute approximate surface area is 188 Å². The number of nitrogens with one attached hydrogen (secondary N) is 1. The van der Waals surface area contributed by atoms with Crippen LogP contribution in [0.4, 0.5) is 0 Å². The Morgan fingerprint density at radius 2 is 1.75 bits per heavy atom. The van der Waals surface area contributed by atoms with E-state index in [-0.39, 0.29) is 17.4 Å². The van der Waals surface area contributed by atoms with Crippen molar-refractivity contribution >= 4 is 11.9 Å². The Morgan fingerprint density at radius 3 is 2.34 bits per heavy atom. The second-order valence-corrected chi connectivity index (χ2v) is 7.52. The molecule has 32 heavy (non-hydrogen) atoms. The molecule has 0 saturated carbocycles. The summed E-state index contributed by atoms with van der Waals surface area (Å²) in [5.41, 5.74) is -0.235. The van der Waals surface area contributed by atoms with Gasteiger partial charge < -0.3 is 24.6 Å². The molecule has 1 amide bonds. The van der Waals surface area contributed by atoms with Gasteiger partial charge in [0.15, 0.2) is 17.2 Å². The van der Waals surface area contributed by atoms with Gasteiger partial charge in [-0.1, -0.05) is 32.0 Å². The molecule has 1 unspecified atom stereocenters. The third kappa shape index (κ3) is 6.35. The first kappa shape index (κ1) is 25.0. The quantitative estimate of drug-likeness (QED) is 0.509. The molecule has 0 bridgehead atoms. The number of hydrogen-bond donors (Lipinski definition) is 2. The van der Waals surface area contributed by atoms with Gasteiger partial charge in [0.2, 0.25) is 0 Å². The fourth-order valence-electron chi connectivity index (χ4n) is 3.44. The number of hydrogen-bond acceptors (Lipinski definition) is 7. The molecule has 0 aliphatic heterocycles. The first-order chi connectivity index (χ1) is 15.3. The zero-order chi connectivity index (χ0) is 23.7. The number of aromatic nitrogens is 1. The van der Waals surface area contributed by atoms with E-state index >= 15 is 0 Å². The van der Waals surface area contributed by atoms with E-state index in [0.717, 1.165) is 12.8 Å². The van der Waals surface area contributed by atoms with Crippen LogP contribution in [-0.2, 0) is 9.53 Å². The van der Waals surface area contributed by atoms with E-state index in [1.165, 1.54) is 26.3 Å². The van der Waals surface area contributed by atoms with Gasteiger partial charge in [-0.3, -0.25) is 4.79 Å². The number of pyridine rings is 1. The van der Waals surface area contributed by atoms with Crippen molar-refractivity contribution < 1.29 is 28.9 Å². The van der Waals surface area contributed by atoms with Crippen LogP contribution in [0.5, 0.6) is 17.2 Å². The summed E-state index contributed by atoms with van der Waals surface area (Å²) < 4.78 is 16.8. The van der Waals surface area contributed by atoms with Crippen molar-refractivity contribution in [3.8, 4) is 17.2 Å². The molecule has 2 aromatic rings. The lowest BCUT2D eigenvalue weighted by atomic mass is 9.93. The van der Waals surface area contributed by atoms with Gasteiger partial charge in [0.05, 0.1) is 7.11 Å². The predicted molar refractivity (Wildman–Crippen MR) is 120 cm³/mol. The van der Waals surface area contributed by atoms with E-state index in [1.54, 1.807) is 0 Å². The summed E-state index contributed by atoms with van der Waals surface area (Å²) in [5.74, 6) is -0.814. The standard InChI is InChI=1S/C24H32N2O6/c1-6-17(7-2)22(16(4)31-18-11-9-8-10-12-18)32-24(29)15(3)26-23(28)20-21(27)19(30-5)13-14-25-20/h8-17,22,27H,6-7H2,1-5H3,(H,26,28)/t15-,16-,22?/m0/s1. The van der Waals surface area contributed by atoms with Gasteiger partial charge in [0.25, 0.3) is 5.91 Å². The van der Waals surface area contributed by atoms with Crippen molar-refractivity contribution in [3.05, 3.63) is 48.3 Å². The molecule has 0 radical (unpaired) electrons. The van der Waals surface area contributed by atoms with Crippen LogP contribution in [0.15, 0.2) is 42.6 Å². The largest absolute Gasteiger partial charge is 0.503 e. The summed E-state index contributed by atoms with van der Waals surface area (Å²) in [5, 5.41) is 12.6. The minimum Gasteiger partial charge on any atom is -0.503 e. The van der Waals surface area contributed by atoms with Crippen LogP contribution in [0.1, 0.15) is 51.0 Å². The van der Waals surface area contributed by atoms with Gasteiger partial charge in [0.1, 0.15) is 24.0 Å². The fraction of sp³-hybridized carbons (Fsp3) is 0.458. The molecule has 0 fully saturated rings. The maximum atomic E-state index is 12.8. The zero-order valence-corrected chi connectivity index (χ0v) is 19.2. The number of rotatable bonds is 11. The molecule has 174 valence electrons. The normalized spacial score (nSPS) is 13.7. The molecule has 2 N–H and O–H groups in total. The second kappa shape index (κ2) is 11.9. The Bertz CT molecular complexity index is 885. The second-order valence-electron chi connectivity index (χ2n) is 7.52. The smallest absolute Gasteiger partial charge is 0.328 e. The highest BCUT2D eigenvalue weighted by molar-refractivity contribution is 5.97. The van der Waals surface area contributed by atoms with E-state index in [1.807, 2.05) is 51.1 Å². The molecule has 8 heteroatoms. The van der Waals surface area contributed by atoms with E-state index in [9.17, 15) is 14.7 Å². The van der Waals surface area contributed by atoms with Gasteiger partial charge in [-0.15, -0.1) is 0 Å². The van der Waals surface area contributed by atoms with Crippen molar-refractivity contribution in [2.75, 3.05) is 7.11 Å². The number of esters is 1. The molecule has 0 aliphatic rings. The fourth-order valence-corrected chi connectivity index (χ4v) is 3.44. The number of benzene rings is 1. The molecule has 0 saturated heterocycles. The van der Waals surface area contributed by atoms with Crippen LogP contribution >= 0.6 is 0 Å². The van der Waals surface area contributed by atoms with Crippen molar-refractivity contribution in [2.24, 2.45) is 5.92 Å². The topological polar surface area (TPSA) is 107 Å². The minimum atomic E-state index is -0.962. The van der Waals surface area contributed by atoms with Crippen molar-refractivity contribution in [3.63, 3.8) is 0 Å². The van der Waals surface area contributed by atoms with Crippen LogP contribution in [0.3, 0.4) is 0 Å². The van der Waals surface area contributed by atoms with E-state index in [4.69, 9.17) is 14.2 Å². The SMILES string of the molecule is CCC(CC)C(OC(=O)[C@H](C)NC(=O)c1nccc(OC)c1O)[C@H](C)Oc1ccccc1. The van der Waals surface area contributed by atoms with Gasteiger partial charge in [-0.25, -0.2) is 9.78 Å². The minimum absolute atomic E-state index is 0.0876. The van der Waals surface area contributed by atoms with Crippen LogP contribution in [-0.4, -0.2) is 47.3 Å². The van der Waals surface area contributed by atoms with Crippen LogP contribution in [0.2, 0.25) is 0 Å². The number of ether oxygens (including phenoxy) is 3. The summed E-state index contributed by atoms with van der Waals surface area (Å²) in [4.78, 5) is 29.2. The Kier molecular flexibility index (Phi) is 9.31. The Hall–Kier alpha value is -3.29. The molecule has 8 nitrogen and oxygen atoms in total. The van der Waals surface area contributed by atoms with Gasteiger partial charge >= 0.3 is 5.97 Å². The lowest BCUT2D eigenvalue weighted by Gasteiger charge is -2.31. The highest BCUT2D eigenvalue weighted by Gasteiger charge is 2.32. The summed E-state index contributed by atoms with van der Waals surface area (Å²) in [7, 11) is 1.37. The Balaban J connectivity index is 2.10. The maximum Gasteiger partial charge on any atom is 0.328 e. The molecule has 1 aromatic carbocycles. The average Bonchev–Trinajstić information content (AvgIpc) is 2.79. The van der Waals surface area contributed by atoms with Crippen molar-refractivity contribution in [1.82, 2.24) is 10.3 Å². The summed E-state index contributed by atoms with van der Waals surface area (Å²) in [6.45, 7) is 7.45.